The highest BCUT2D eigenvalue weighted by Crippen LogP contribution is 2.33. The zero-order valence-electron chi connectivity index (χ0n) is 27.2. The van der Waals surface area contributed by atoms with Gasteiger partial charge >= 0.3 is 29.8 Å². The highest BCUT2D eigenvalue weighted by atomic mass is 16.7. The minimum atomic E-state index is -1.63. The lowest BCUT2D eigenvalue weighted by Crippen LogP contribution is -2.70. The standard InChI is InChI=1S/C29H42N2O16/c1-9-10-39-28-22(30-13(2)32)26(43-18(7)37)25(21(45-28)12-41-16(5)35)47-29-23(31-14(3)33)27(44-19(8)38)24(42-17(6)36)20(46-29)11-40-15(4)34/h9,20-29H,1,10-12H2,2-8H3,(H,30,32)(H,31,33)/t20-,21-,22-,23-,24+,25-,26-,27-,28+,29+/m1/s1. The summed E-state index contributed by atoms with van der Waals surface area (Å²) in [6, 6.07) is -2.62. The van der Waals surface area contributed by atoms with Gasteiger partial charge in [0, 0.05) is 48.5 Å². The van der Waals surface area contributed by atoms with E-state index >= 15 is 0 Å². The van der Waals surface area contributed by atoms with E-state index in [0.717, 1.165) is 41.5 Å². The molecule has 2 N–H and O–H groups in total. The summed E-state index contributed by atoms with van der Waals surface area (Å²) >= 11 is 0. The van der Waals surface area contributed by atoms with Crippen LogP contribution in [0.15, 0.2) is 12.7 Å². The van der Waals surface area contributed by atoms with Crippen molar-refractivity contribution in [3.63, 3.8) is 0 Å². The smallest absolute Gasteiger partial charge is 0.303 e. The molecule has 2 aliphatic heterocycles. The normalized spacial score (nSPS) is 30.1. The van der Waals surface area contributed by atoms with Crippen LogP contribution in [0.5, 0.6) is 0 Å². The number of amides is 2. The van der Waals surface area contributed by atoms with E-state index in [1.807, 2.05) is 0 Å². The molecule has 0 spiro atoms. The van der Waals surface area contributed by atoms with Gasteiger partial charge in [-0.25, -0.2) is 0 Å². The quantitative estimate of drug-likeness (QED) is 0.127. The maximum absolute atomic E-state index is 12.4. The molecular formula is C29H42N2O16. The predicted octanol–water partition coefficient (Wildman–Crippen LogP) is -1.05. The van der Waals surface area contributed by atoms with Gasteiger partial charge in [-0.1, -0.05) is 6.08 Å². The largest absolute Gasteiger partial charge is 0.463 e. The molecule has 18 heteroatoms. The summed E-state index contributed by atoms with van der Waals surface area (Å²) in [4.78, 5) is 84.9. The summed E-state index contributed by atoms with van der Waals surface area (Å²) in [6.07, 6.45) is -9.85. The van der Waals surface area contributed by atoms with Crippen molar-refractivity contribution in [2.75, 3.05) is 19.8 Å². The Morgan fingerprint density at radius 1 is 0.596 bits per heavy atom. The van der Waals surface area contributed by atoms with E-state index in [4.69, 9.17) is 42.6 Å². The molecule has 2 fully saturated rings. The summed E-state index contributed by atoms with van der Waals surface area (Å²) in [5.41, 5.74) is 0. The maximum atomic E-state index is 12.4. The molecule has 0 bridgehead atoms. The van der Waals surface area contributed by atoms with Crippen LogP contribution in [0.25, 0.3) is 0 Å². The summed E-state index contributed by atoms with van der Waals surface area (Å²) in [5.74, 6) is -5.09. The van der Waals surface area contributed by atoms with Crippen LogP contribution in [-0.4, -0.2) is 123 Å². The topological polar surface area (TPSA) is 227 Å². The molecule has 2 aliphatic rings. The van der Waals surface area contributed by atoms with Gasteiger partial charge in [0.2, 0.25) is 11.8 Å². The van der Waals surface area contributed by atoms with Crippen LogP contribution in [0.4, 0.5) is 0 Å². The first-order chi connectivity index (χ1) is 22.0. The second kappa shape index (κ2) is 18.3. The number of carbonyl (C=O) groups excluding carboxylic acids is 7. The first-order valence-electron chi connectivity index (χ1n) is 14.5. The van der Waals surface area contributed by atoms with Crippen LogP contribution in [0.3, 0.4) is 0 Å². The Labute approximate surface area is 271 Å². The van der Waals surface area contributed by atoms with Crippen molar-refractivity contribution in [2.45, 2.75) is 110 Å². The maximum Gasteiger partial charge on any atom is 0.303 e. The molecule has 18 nitrogen and oxygen atoms in total. The van der Waals surface area contributed by atoms with Crippen LogP contribution >= 0.6 is 0 Å². The van der Waals surface area contributed by atoms with Gasteiger partial charge in [-0.3, -0.25) is 33.6 Å². The average Bonchev–Trinajstić information content (AvgIpc) is 2.94. The monoisotopic (exact) mass is 674 g/mol. The SMILES string of the molecule is C=CCO[C@H]1O[C@H](COC(C)=O)[C@@H](O[C@@H]2O[C@H](COC(C)=O)[C@H](OC(C)=O)[C@H](OC(C)=O)[C@H]2NC(C)=O)[C@H](OC(C)=O)[C@H]1NC(C)=O. The molecule has 0 aromatic carbocycles. The number of nitrogens with one attached hydrogen (secondary N) is 2. The van der Waals surface area contributed by atoms with Gasteiger partial charge < -0.3 is 53.3 Å². The lowest BCUT2D eigenvalue weighted by atomic mass is 9.94. The van der Waals surface area contributed by atoms with E-state index in [9.17, 15) is 33.6 Å². The van der Waals surface area contributed by atoms with Crippen LogP contribution in [0.2, 0.25) is 0 Å². The van der Waals surface area contributed by atoms with Gasteiger partial charge in [-0.05, 0) is 0 Å². The van der Waals surface area contributed by atoms with Crippen molar-refractivity contribution >= 4 is 41.7 Å². The molecule has 2 rings (SSSR count). The van der Waals surface area contributed by atoms with Gasteiger partial charge in [0.05, 0.1) is 6.61 Å². The summed E-state index contributed by atoms with van der Waals surface area (Å²) in [7, 11) is 0. The molecule has 0 saturated carbocycles. The Balaban J connectivity index is 2.72. The Bertz CT molecular complexity index is 1180. The summed E-state index contributed by atoms with van der Waals surface area (Å²) < 4.78 is 51.0. The molecule has 10 atom stereocenters. The second-order valence-corrected chi connectivity index (χ2v) is 10.6. The molecule has 0 unspecified atom stereocenters. The highest BCUT2D eigenvalue weighted by molar-refractivity contribution is 5.74. The summed E-state index contributed by atoms with van der Waals surface area (Å²) in [6.45, 7) is 10.4. The molecule has 0 radical (unpaired) electrons. The fourth-order valence-electron chi connectivity index (χ4n) is 4.99. The Hall–Kier alpha value is -4.13. The van der Waals surface area contributed by atoms with Crippen LogP contribution in [-0.2, 0) is 76.2 Å². The van der Waals surface area contributed by atoms with E-state index in [1.165, 1.54) is 13.0 Å². The number of carbonyl (C=O) groups is 7. The number of rotatable bonds is 14. The molecule has 47 heavy (non-hydrogen) atoms. The van der Waals surface area contributed by atoms with Crippen molar-refractivity contribution < 1.29 is 76.2 Å². The van der Waals surface area contributed by atoms with Gasteiger partial charge in [-0.2, -0.15) is 0 Å². The molecule has 0 aromatic rings. The zero-order valence-corrected chi connectivity index (χ0v) is 27.2. The summed E-state index contributed by atoms with van der Waals surface area (Å²) in [5, 5.41) is 5.18. The van der Waals surface area contributed by atoms with Crippen LogP contribution in [0.1, 0.15) is 48.5 Å². The third-order valence-corrected chi connectivity index (χ3v) is 6.51. The third kappa shape index (κ3) is 12.2. The van der Waals surface area contributed by atoms with Gasteiger partial charge in [0.15, 0.2) is 30.9 Å². The van der Waals surface area contributed by atoms with Crippen molar-refractivity contribution in [2.24, 2.45) is 0 Å². The number of ether oxygens (including phenoxy) is 9. The Morgan fingerprint density at radius 3 is 1.43 bits per heavy atom. The third-order valence-electron chi connectivity index (χ3n) is 6.51. The lowest BCUT2D eigenvalue weighted by molar-refractivity contribution is -0.333. The molecule has 2 amide bonds. The van der Waals surface area contributed by atoms with Gasteiger partial charge in [0.1, 0.15) is 43.6 Å². The van der Waals surface area contributed by atoms with Crippen LogP contribution < -0.4 is 10.6 Å². The minimum Gasteiger partial charge on any atom is -0.463 e. The molecule has 0 aliphatic carbocycles. The van der Waals surface area contributed by atoms with Gasteiger partial charge in [-0.15, -0.1) is 6.58 Å². The average molecular weight is 675 g/mol. The Morgan fingerprint density at radius 2 is 1.00 bits per heavy atom. The van der Waals surface area contributed by atoms with E-state index < -0.39 is 116 Å². The number of esters is 5. The van der Waals surface area contributed by atoms with Crippen molar-refractivity contribution in [3.8, 4) is 0 Å². The van der Waals surface area contributed by atoms with E-state index in [1.54, 1.807) is 0 Å². The minimum absolute atomic E-state index is 0.0604. The van der Waals surface area contributed by atoms with E-state index in [-0.39, 0.29) is 6.61 Å². The number of hydrogen-bond acceptors (Lipinski definition) is 16. The predicted molar refractivity (Wildman–Crippen MR) is 153 cm³/mol. The van der Waals surface area contributed by atoms with Crippen LogP contribution in [0, 0.1) is 0 Å². The van der Waals surface area contributed by atoms with Crippen molar-refractivity contribution in [1.29, 1.82) is 0 Å². The Kier molecular flexibility index (Phi) is 15.2. The van der Waals surface area contributed by atoms with Crippen molar-refractivity contribution in [1.82, 2.24) is 10.6 Å². The van der Waals surface area contributed by atoms with Gasteiger partial charge in [0.25, 0.3) is 0 Å². The molecule has 264 valence electrons. The molecule has 2 heterocycles. The first-order valence-corrected chi connectivity index (χ1v) is 14.5. The molecule has 0 aromatic heterocycles. The molecule has 2 saturated heterocycles. The second-order valence-electron chi connectivity index (χ2n) is 10.6. The highest BCUT2D eigenvalue weighted by Gasteiger charge is 2.56. The number of hydrogen-bond donors (Lipinski definition) is 2. The van der Waals surface area contributed by atoms with E-state index in [0.29, 0.717) is 0 Å². The van der Waals surface area contributed by atoms with Crippen molar-refractivity contribution in [3.05, 3.63) is 12.7 Å². The lowest BCUT2D eigenvalue weighted by Gasteiger charge is -2.49. The zero-order chi connectivity index (χ0) is 35.4. The first kappa shape index (κ1) is 39.1. The fourth-order valence-corrected chi connectivity index (χ4v) is 4.99. The molecular weight excluding hydrogens is 632 g/mol. The fraction of sp³-hybridized carbons (Fsp3) is 0.690. The van der Waals surface area contributed by atoms with E-state index in [2.05, 4.69) is 17.2 Å².